The molecule has 37 heavy (non-hydrogen) atoms. The van der Waals surface area contributed by atoms with Crippen LogP contribution in [0, 0.1) is 15.9 Å². The Hall–Kier alpha value is -3.20. The fraction of sp³-hybridized carbons (Fsp3) is 0.296. The Balaban J connectivity index is 1.41. The predicted molar refractivity (Wildman–Crippen MR) is 137 cm³/mol. The maximum Gasteiger partial charge on any atom is 0.256 e. The van der Waals surface area contributed by atoms with Gasteiger partial charge in [-0.05, 0) is 54.3 Å². The molecule has 0 bridgehead atoms. The predicted octanol–water partition coefficient (Wildman–Crippen LogP) is 5.77. The Kier molecular flexibility index (Phi) is 5.86. The average Bonchev–Trinajstić information content (AvgIpc) is 3.51. The van der Waals surface area contributed by atoms with Crippen LogP contribution < -0.4 is 10.1 Å². The van der Waals surface area contributed by atoms with E-state index in [2.05, 4.69) is 5.32 Å². The first kappa shape index (κ1) is 24.2. The van der Waals surface area contributed by atoms with Crippen LogP contribution in [-0.4, -0.2) is 34.4 Å². The van der Waals surface area contributed by atoms with Crippen LogP contribution in [0.1, 0.15) is 35.4 Å². The number of fused-ring (bicyclic) bond motifs is 4. The van der Waals surface area contributed by atoms with Crippen molar-refractivity contribution in [2.45, 2.75) is 43.0 Å². The highest BCUT2D eigenvalue weighted by atomic mass is 35.5. The molecule has 0 radical (unpaired) electrons. The number of nitro groups is 1. The highest BCUT2D eigenvalue weighted by Gasteiger charge is 2.73. The molecule has 3 aliphatic heterocycles. The molecule has 3 heterocycles. The summed E-state index contributed by atoms with van der Waals surface area (Å²) in [4.78, 5) is 28.0. The molecule has 7 nitrogen and oxygen atoms in total. The van der Waals surface area contributed by atoms with Crippen LogP contribution in [0.5, 0.6) is 5.75 Å². The molecule has 3 aromatic rings. The number of carbonyl (C=O) groups excluding carboxylic acids is 1. The Morgan fingerprint density at radius 1 is 1.14 bits per heavy atom. The van der Waals surface area contributed by atoms with Gasteiger partial charge in [0, 0.05) is 28.8 Å². The van der Waals surface area contributed by atoms with Crippen molar-refractivity contribution in [1.82, 2.24) is 4.90 Å². The molecule has 3 aliphatic rings. The van der Waals surface area contributed by atoms with E-state index < -0.39 is 17.5 Å². The summed E-state index contributed by atoms with van der Waals surface area (Å²) in [5.74, 6) is -1.17. The van der Waals surface area contributed by atoms with Gasteiger partial charge in [-0.2, -0.15) is 0 Å². The minimum Gasteiger partial charge on any atom is -0.486 e. The van der Waals surface area contributed by atoms with Gasteiger partial charge < -0.3 is 10.1 Å². The molecule has 1 N–H and O–H groups in total. The second-order valence-electron chi connectivity index (χ2n) is 9.66. The summed E-state index contributed by atoms with van der Waals surface area (Å²) in [6, 6.07) is 15.0. The average molecular weight is 542 g/mol. The van der Waals surface area contributed by atoms with E-state index in [1.54, 1.807) is 48.5 Å². The summed E-state index contributed by atoms with van der Waals surface area (Å²) < 4.78 is 19.3. The number of benzene rings is 3. The molecule has 10 heteroatoms. The lowest BCUT2D eigenvalue weighted by molar-refractivity contribution is -0.534. The van der Waals surface area contributed by atoms with Crippen LogP contribution in [0.4, 0.5) is 10.1 Å². The summed E-state index contributed by atoms with van der Waals surface area (Å²) in [5.41, 5.74) is 0.999. The second-order valence-corrected chi connectivity index (χ2v) is 10.5. The van der Waals surface area contributed by atoms with Gasteiger partial charge in [0.25, 0.3) is 11.9 Å². The van der Waals surface area contributed by atoms with Crippen molar-refractivity contribution < 1.29 is 18.8 Å². The van der Waals surface area contributed by atoms with Gasteiger partial charge in [0.05, 0.1) is 16.0 Å². The molecule has 190 valence electrons. The van der Waals surface area contributed by atoms with Crippen molar-refractivity contribution in [3.63, 3.8) is 0 Å². The Bertz CT molecular complexity index is 1410. The van der Waals surface area contributed by atoms with Crippen LogP contribution >= 0.6 is 23.2 Å². The number of hydrogen-bond donors (Lipinski definition) is 1. The van der Waals surface area contributed by atoms with E-state index in [9.17, 15) is 19.3 Å². The van der Waals surface area contributed by atoms with Gasteiger partial charge in [-0.3, -0.25) is 19.8 Å². The van der Waals surface area contributed by atoms with E-state index in [0.29, 0.717) is 35.3 Å². The van der Waals surface area contributed by atoms with Crippen molar-refractivity contribution in [3.8, 4) is 5.75 Å². The number of nitrogens with zero attached hydrogens (tertiary/aromatic N) is 2. The van der Waals surface area contributed by atoms with Crippen LogP contribution in [0.25, 0.3) is 0 Å². The minimum absolute atomic E-state index is 0.0496. The molecular formula is C27H22Cl2FN3O4. The molecule has 3 aromatic carbocycles. The van der Waals surface area contributed by atoms with E-state index in [-0.39, 0.29) is 45.1 Å². The van der Waals surface area contributed by atoms with Gasteiger partial charge in [-0.1, -0.05) is 53.5 Å². The molecular weight excluding hydrogens is 520 g/mol. The fourth-order valence-corrected chi connectivity index (χ4v) is 7.08. The van der Waals surface area contributed by atoms with Crippen LogP contribution in [0.2, 0.25) is 10.0 Å². The number of halogens is 3. The van der Waals surface area contributed by atoms with E-state index in [1.165, 1.54) is 12.1 Å². The Morgan fingerprint density at radius 2 is 1.89 bits per heavy atom. The highest BCUT2D eigenvalue weighted by Crippen LogP contribution is 2.58. The first-order chi connectivity index (χ1) is 17.8. The third-order valence-electron chi connectivity index (χ3n) is 7.77. The number of anilines is 1. The van der Waals surface area contributed by atoms with Gasteiger partial charge in [0.2, 0.25) is 0 Å². The molecule has 0 unspecified atom stereocenters. The molecule has 1 amide bonds. The summed E-state index contributed by atoms with van der Waals surface area (Å²) in [6.07, 6.45) is 1.53. The standard InChI is InChI=1S/C27H22Cl2FN3O4/c28-19-12-16(13-20(29)24(19)37-14-15-5-3-6-17(30)11-15)23-22-9-4-10-32(22)27(25(23)33(35)36)18-7-1-2-8-21(18)31-26(27)34/h1-3,5-8,11-13,22-23,25H,4,9-10,14H2,(H,31,34)/t22-,23+,25+,27-/m0/s1. The van der Waals surface area contributed by atoms with E-state index >= 15 is 0 Å². The van der Waals surface area contributed by atoms with Crippen molar-refractivity contribution in [3.05, 3.63) is 103 Å². The number of amides is 1. The van der Waals surface area contributed by atoms with Gasteiger partial charge in [0.1, 0.15) is 12.4 Å². The largest absolute Gasteiger partial charge is 0.486 e. The van der Waals surface area contributed by atoms with Crippen LogP contribution in [0.15, 0.2) is 60.7 Å². The van der Waals surface area contributed by atoms with Crippen molar-refractivity contribution >= 4 is 34.8 Å². The van der Waals surface area contributed by atoms with Crippen molar-refractivity contribution in [2.24, 2.45) is 0 Å². The summed E-state index contributed by atoms with van der Waals surface area (Å²) in [5, 5.41) is 16.0. The minimum atomic E-state index is -1.42. The number of nitrogens with one attached hydrogen (secondary N) is 1. The molecule has 2 saturated heterocycles. The SMILES string of the molecule is O=C1Nc2ccccc2[C@]12[C@H]([N+](=O)[O-])[C@H](c1cc(Cl)c(OCc3cccc(F)c3)c(Cl)c1)[C@@H]1CCCN12. The Labute approximate surface area is 222 Å². The summed E-state index contributed by atoms with van der Waals surface area (Å²) in [7, 11) is 0. The van der Waals surface area contributed by atoms with Crippen LogP contribution in [0.3, 0.4) is 0 Å². The number of carbonyl (C=O) groups is 1. The highest BCUT2D eigenvalue weighted by molar-refractivity contribution is 6.37. The normalized spacial score (nSPS) is 26.2. The maximum absolute atomic E-state index is 13.6. The monoisotopic (exact) mass is 541 g/mol. The molecule has 0 saturated carbocycles. The lowest BCUT2D eigenvalue weighted by Gasteiger charge is -2.32. The van der Waals surface area contributed by atoms with Gasteiger partial charge >= 0.3 is 0 Å². The number of ether oxygens (including phenoxy) is 1. The van der Waals surface area contributed by atoms with E-state index in [4.69, 9.17) is 27.9 Å². The Morgan fingerprint density at radius 3 is 2.62 bits per heavy atom. The molecule has 4 atom stereocenters. The third kappa shape index (κ3) is 3.61. The third-order valence-corrected chi connectivity index (χ3v) is 8.33. The van der Waals surface area contributed by atoms with E-state index in [0.717, 1.165) is 6.42 Å². The summed E-state index contributed by atoms with van der Waals surface area (Å²) >= 11 is 13.2. The van der Waals surface area contributed by atoms with Gasteiger partial charge in [0.15, 0.2) is 11.3 Å². The first-order valence-corrected chi connectivity index (χ1v) is 12.8. The zero-order valence-electron chi connectivity index (χ0n) is 19.5. The smallest absolute Gasteiger partial charge is 0.256 e. The molecule has 2 fully saturated rings. The van der Waals surface area contributed by atoms with Crippen molar-refractivity contribution in [1.29, 1.82) is 0 Å². The molecule has 0 aromatic heterocycles. The quantitative estimate of drug-likeness (QED) is 0.327. The number of hydrogen-bond acceptors (Lipinski definition) is 5. The summed E-state index contributed by atoms with van der Waals surface area (Å²) in [6.45, 7) is 0.623. The lowest BCUT2D eigenvalue weighted by atomic mass is 9.77. The molecule has 0 aliphatic carbocycles. The van der Waals surface area contributed by atoms with Crippen LogP contribution in [-0.2, 0) is 16.9 Å². The second kappa shape index (κ2) is 8.97. The zero-order valence-corrected chi connectivity index (χ0v) is 21.0. The first-order valence-electron chi connectivity index (χ1n) is 12.0. The van der Waals surface area contributed by atoms with Gasteiger partial charge in [-0.15, -0.1) is 0 Å². The maximum atomic E-state index is 13.6. The molecule has 6 rings (SSSR count). The fourth-order valence-electron chi connectivity index (χ4n) is 6.47. The topological polar surface area (TPSA) is 84.7 Å². The number of para-hydroxylation sites is 1. The number of rotatable bonds is 5. The van der Waals surface area contributed by atoms with E-state index in [1.807, 2.05) is 4.90 Å². The lowest BCUT2D eigenvalue weighted by Crippen LogP contribution is -2.55. The van der Waals surface area contributed by atoms with Gasteiger partial charge in [-0.25, -0.2) is 4.39 Å². The molecule has 1 spiro atoms. The van der Waals surface area contributed by atoms with Crippen molar-refractivity contribution in [2.75, 3.05) is 11.9 Å². The zero-order chi connectivity index (χ0) is 25.9.